The van der Waals surface area contributed by atoms with E-state index in [1.807, 2.05) is 34.9 Å². The average Bonchev–Trinajstić information content (AvgIpc) is 3.72. The number of nitrogens with one attached hydrogen (secondary N) is 3. The van der Waals surface area contributed by atoms with Gasteiger partial charge in [0, 0.05) is 73.9 Å². The van der Waals surface area contributed by atoms with Gasteiger partial charge in [-0.15, -0.1) is 0 Å². The number of carbonyl (C=O) groups excluding carboxylic acids is 2. The van der Waals surface area contributed by atoms with Crippen molar-refractivity contribution in [1.82, 2.24) is 34.0 Å². The number of anilines is 2. The molecule has 0 aliphatic carbocycles. The second-order valence-electron chi connectivity index (χ2n) is 14.1. The van der Waals surface area contributed by atoms with Crippen molar-refractivity contribution in [2.75, 3.05) is 48.9 Å². The summed E-state index contributed by atoms with van der Waals surface area (Å²) in [6, 6.07) is 15.6. The Balaban J connectivity index is 0.892. The minimum Gasteiger partial charge on any atom is -0.368 e. The molecule has 3 aliphatic heterocycles. The van der Waals surface area contributed by atoms with Crippen molar-refractivity contribution in [1.29, 1.82) is 0 Å². The number of aromatic amines is 1. The molecule has 3 N–H and O–H groups in total. The van der Waals surface area contributed by atoms with Gasteiger partial charge in [-0.05, 0) is 48.9 Å². The number of benzene rings is 3. The molecule has 2 amide bonds. The van der Waals surface area contributed by atoms with E-state index in [4.69, 9.17) is 28.2 Å². The Morgan fingerprint density at radius 2 is 1.71 bits per heavy atom. The summed E-state index contributed by atoms with van der Waals surface area (Å²) >= 11 is 12.4. The molecule has 3 aromatic heterocycles. The summed E-state index contributed by atoms with van der Waals surface area (Å²) in [5, 5.41) is 4.45. The summed E-state index contributed by atoms with van der Waals surface area (Å²) < 4.78 is 73.7. The molecule has 13 nitrogen and oxygen atoms in total. The second kappa shape index (κ2) is 13.6. The first-order chi connectivity index (χ1) is 26.7. The first-order valence-electron chi connectivity index (χ1n) is 17.8. The number of hydrogen-bond acceptors (Lipinski definition) is 8. The smallest absolute Gasteiger partial charge is 0.368 e. The van der Waals surface area contributed by atoms with Crippen molar-refractivity contribution >= 4 is 89.6 Å². The van der Waals surface area contributed by atoms with E-state index in [1.54, 1.807) is 6.20 Å². The largest absolute Gasteiger partial charge is 0.416 e. The van der Waals surface area contributed by atoms with Crippen LogP contribution in [0.2, 0.25) is 10.0 Å². The molecule has 0 radical (unpaired) electrons. The summed E-state index contributed by atoms with van der Waals surface area (Å²) in [7, 11) is -4.06. The molecule has 0 bridgehead atoms. The SMILES string of the molecule is O=C1CCC(n2c3ccccc3c3c(N4CC(N5CCN(S(=O)(=O)Nc6ccc(Cl)cc6-c6nc7cc(C(F)(F)F)cc(Cl)c7[nH]6)CC5)C4)ccnc32)C(=O)N1. The number of piperazine rings is 1. The summed E-state index contributed by atoms with van der Waals surface area (Å²) in [5.74, 6) is -0.529. The lowest BCUT2D eigenvalue weighted by Crippen LogP contribution is -2.63. The molecular weight excluding hydrogens is 794 g/mol. The van der Waals surface area contributed by atoms with Gasteiger partial charge in [0.25, 0.3) is 0 Å². The van der Waals surface area contributed by atoms with Crippen LogP contribution in [0, 0.1) is 0 Å². The number of piperidine rings is 1. The quantitative estimate of drug-likeness (QED) is 0.161. The molecule has 0 spiro atoms. The zero-order chi connectivity index (χ0) is 39.1. The number of pyridine rings is 1. The van der Waals surface area contributed by atoms with Crippen LogP contribution in [0.4, 0.5) is 24.5 Å². The van der Waals surface area contributed by atoms with Gasteiger partial charge in [0.1, 0.15) is 17.5 Å². The Morgan fingerprint density at radius 1 is 0.946 bits per heavy atom. The summed E-state index contributed by atoms with van der Waals surface area (Å²) in [6.45, 7) is 2.88. The highest BCUT2D eigenvalue weighted by atomic mass is 35.5. The van der Waals surface area contributed by atoms with Gasteiger partial charge in [-0.25, -0.2) is 9.97 Å². The number of halogens is 5. The Bertz CT molecular complexity index is 2690. The third-order valence-electron chi connectivity index (χ3n) is 10.8. The standard InChI is InChI=1S/C37H32Cl2F3N9O4S/c38-21-5-6-26(24(17-21)34-44-27-16-20(37(40,41)42)15-25(39)33(27)46-34)47-56(54,55)50-13-11-48(12-14-50)22-18-49(19-22)29-9-10-43-35-32(29)23-3-1-2-4-28(23)51(35)30-7-8-31(52)45-36(30)53/h1-6,9-10,15-17,22,30,47H,7-8,11-14,18-19H2,(H,44,46)(H,45,52,53). The normalized spacial score (nSPS) is 19.2. The number of alkyl halides is 3. The van der Waals surface area contributed by atoms with Crippen LogP contribution in [0.15, 0.2) is 66.9 Å². The molecule has 1 unspecified atom stereocenters. The van der Waals surface area contributed by atoms with Gasteiger partial charge in [0.2, 0.25) is 11.8 Å². The van der Waals surface area contributed by atoms with Crippen LogP contribution in [0.25, 0.3) is 44.4 Å². The number of H-pyrrole nitrogens is 1. The highest BCUT2D eigenvalue weighted by Gasteiger charge is 2.38. The average molecular weight is 827 g/mol. The van der Waals surface area contributed by atoms with Crippen LogP contribution in [-0.2, 0) is 26.0 Å². The summed E-state index contributed by atoms with van der Waals surface area (Å²) in [4.78, 5) is 41.3. The summed E-state index contributed by atoms with van der Waals surface area (Å²) in [5.41, 5.74) is 2.08. The van der Waals surface area contributed by atoms with E-state index >= 15 is 0 Å². The first-order valence-corrected chi connectivity index (χ1v) is 20.0. The zero-order valence-corrected chi connectivity index (χ0v) is 31.6. The fourth-order valence-electron chi connectivity index (χ4n) is 7.96. The minimum atomic E-state index is -4.63. The van der Waals surface area contributed by atoms with Crippen molar-refractivity contribution in [2.24, 2.45) is 0 Å². The number of para-hydroxylation sites is 1. The number of carbonyl (C=O) groups is 2. The van der Waals surface area contributed by atoms with Crippen molar-refractivity contribution in [3.05, 3.63) is 82.5 Å². The maximum absolute atomic E-state index is 13.7. The van der Waals surface area contributed by atoms with Crippen LogP contribution in [-0.4, -0.2) is 94.3 Å². The lowest BCUT2D eigenvalue weighted by Gasteiger charge is -2.49. The lowest BCUT2D eigenvalue weighted by atomic mass is 10.0. The number of amides is 2. The predicted octanol–water partition coefficient (Wildman–Crippen LogP) is 6.20. The Morgan fingerprint density at radius 3 is 2.46 bits per heavy atom. The van der Waals surface area contributed by atoms with E-state index in [1.165, 1.54) is 22.5 Å². The molecule has 6 heterocycles. The van der Waals surface area contributed by atoms with Crippen molar-refractivity contribution in [3.63, 3.8) is 0 Å². The highest BCUT2D eigenvalue weighted by molar-refractivity contribution is 7.90. The number of rotatable bonds is 7. The highest BCUT2D eigenvalue weighted by Crippen LogP contribution is 2.41. The maximum atomic E-state index is 13.7. The fourth-order valence-corrected chi connectivity index (χ4v) is 9.62. The van der Waals surface area contributed by atoms with Gasteiger partial charge in [-0.2, -0.15) is 25.9 Å². The van der Waals surface area contributed by atoms with Gasteiger partial charge in [0.15, 0.2) is 0 Å². The topological polar surface area (TPSA) is 149 Å². The first kappa shape index (κ1) is 36.7. The molecule has 56 heavy (non-hydrogen) atoms. The summed E-state index contributed by atoms with van der Waals surface area (Å²) in [6.07, 6.45) is -2.26. The van der Waals surface area contributed by atoms with Crippen LogP contribution < -0.4 is 14.9 Å². The van der Waals surface area contributed by atoms with Gasteiger partial charge in [-0.3, -0.25) is 24.5 Å². The van der Waals surface area contributed by atoms with Crippen molar-refractivity contribution < 1.29 is 31.2 Å². The Hall–Kier alpha value is -4.94. The van der Waals surface area contributed by atoms with Crippen LogP contribution in [0.1, 0.15) is 24.4 Å². The number of imide groups is 1. The number of imidazole rings is 1. The van der Waals surface area contributed by atoms with Crippen LogP contribution >= 0.6 is 23.2 Å². The monoisotopic (exact) mass is 825 g/mol. The van der Waals surface area contributed by atoms with Gasteiger partial charge in [0.05, 0.1) is 43.9 Å². The van der Waals surface area contributed by atoms with E-state index in [0.717, 1.165) is 34.1 Å². The Kier molecular flexibility index (Phi) is 8.92. The predicted molar refractivity (Wildman–Crippen MR) is 207 cm³/mol. The fraction of sp³-hybridized carbons (Fsp3) is 0.297. The van der Waals surface area contributed by atoms with Crippen LogP contribution in [0.3, 0.4) is 0 Å². The van der Waals surface area contributed by atoms with Crippen molar-refractivity contribution in [2.45, 2.75) is 31.1 Å². The van der Waals surface area contributed by atoms with Crippen molar-refractivity contribution in [3.8, 4) is 11.4 Å². The number of aromatic nitrogens is 4. The van der Waals surface area contributed by atoms with E-state index in [9.17, 15) is 31.2 Å². The zero-order valence-electron chi connectivity index (χ0n) is 29.3. The van der Waals surface area contributed by atoms with Gasteiger partial charge in [-0.1, -0.05) is 41.4 Å². The van der Waals surface area contributed by atoms with Crippen LogP contribution in [0.5, 0.6) is 0 Å². The van der Waals surface area contributed by atoms with E-state index in [-0.39, 0.29) is 75.5 Å². The lowest BCUT2D eigenvalue weighted by molar-refractivity contribution is -0.138. The van der Waals surface area contributed by atoms with Gasteiger partial charge >= 0.3 is 16.4 Å². The molecule has 0 saturated carbocycles. The van der Waals surface area contributed by atoms with E-state index in [0.29, 0.717) is 38.2 Å². The van der Waals surface area contributed by atoms with E-state index < -0.39 is 28.0 Å². The van der Waals surface area contributed by atoms with Gasteiger partial charge < -0.3 is 14.5 Å². The molecule has 9 rings (SSSR count). The number of hydrogen-bond donors (Lipinski definition) is 3. The molecule has 6 aromatic rings. The molecule has 3 aromatic carbocycles. The maximum Gasteiger partial charge on any atom is 0.416 e. The van der Waals surface area contributed by atoms with E-state index in [2.05, 4.69) is 29.8 Å². The second-order valence-corrected chi connectivity index (χ2v) is 16.6. The molecule has 3 aliphatic rings. The Labute approximate surface area is 327 Å². The molecule has 3 fully saturated rings. The molecule has 1 atom stereocenters. The molecule has 3 saturated heterocycles. The molecule has 19 heteroatoms. The molecule has 290 valence electrons. The third kappa shape index (κ3) is 6.40. The third-order valence-corrected chi connectivity index (χ3v) is 12.8. The number of fused-ring (bicyclic) bond motifs is 4. The minimum absolute atomic E-state index is 0.0355. The number of nitrogens with zero attached hydrogens (tertiary/aromatic N) is 6. The molecular formula is C37H32Cl2F3N9O4S.